The number of rotatable bonds is 8. The Kier molecular flexibility index (Phi) is 7.93. The molecule has 0 aliphatic carbocycles. The van der Waals surface area contributed by atoms with Gasteiger partial charge in [-0.05, 0) is 78.9 Å². The minimum Gasteiger partial charge on any atom is -0.459 e. The third-order valence-electron chi connectivity index (χ3n) is 5.80. The molecule has 8 heteroatoms. The molecule has 0 aliphatic rings. The molecule has 0 N–H and O–H groups in total. The molecule has 0 amide bonds. The Morgan fingerprint density at radius 3 is 1.31 bits per heavy atom. The van der Waals surface area contributed by atoms with E-state index in [4.69, 9.17) is 37.4 Å². The first kappa shape index (κ1) is 26.9. The van der Waals surface area contributed by atoms with Gasteiger partial charge in [0, 0.05) is 12.1 Å². The van der Waals surface area contributed by atoms with Crippen molar-refractivity contribution in [3.63, 3.8) is 0 Å². The predicted octanol–water partition coefficient (Wildman–Crippen LogP) is 9.70. The van der Waals surface area contributed by atoms with Crippen LogP contribution in [0, 0.1) is 35.8 Å². The molecule has 0 bridgehead atoms. The summed E-state index contributed by atoms with van der Waals surface area (Å²) in [6.45, 7) is 14.4. The molecule has 198 valence electrons. The van der Waals surface area contributed by atoms with Gasteiger partial charge in [0.1, 0.15) is 58.1 Å². The monoisotopic (exact) mass is 546 g/mol. The summed E-state index contributed by atoms with van der Waals surface area (Å²) < 4.78 is 23.7. The maximum absolute atomic E-state index is 9.24. The Morgan fingerprint density at radius 1 is 0.429 bits per heavy atom. The number of hydrogen-bond donors (Lipinski definition) is 0. The lowest BCUT2D eigenvalue weighted by Crippen LogP contribution is -1.90. The standard InChI is InChI=1S/C34H18N4O4/c1-37-33-16-15-32(20-34(33)38-2)42-30-8-4-6-28(19-30)40-26-13-11-25(12-14-26)39-27-5-3-7-29(18-27)41-31-10-9-23(21-35)24(17-31)22-36/h3-20H. The molecular formula is C34H18N4O4. The summed E-state index contributed by atoms with van der Waals surface area (Å²) >= 11 is 0. The quantitative estimate of drug-likeness (QED) is 0.180. The van der Waals surface area contributed by atoms with Crippen LogP contribution in [0.4, 0.5) is 11.4 Å². The summed E-state index contributed by atoms with van der Waals surface area (Å²) in [7, 11) is 0. The predicted molar refractivity (Wildman–Crippen MR) is 154 cm³/mol. The first-order chi connectivity index (χ1) is 20.6. The molecule has 0 fully saturated rings. The van der Waals surface area contributed by atoms with Crippen molar-refractivity contribution in [2.45, 2.75) is 0 Å². The van der Waals surface area contributed by atoms with Crippen LogP contribution in [0.15, 0.2) is 109 Å². The van der Waals surface area contributed by atoms with E-state index in [1.807, 2.05) is 12.1 Å². The highest BCUT2D eigenvalue weighted by atomic mass is 16.5. The van der Waals surface area contributed by atoms with E-state index in [2.05, 4.69) is 9.69 Å². The van der Waals surface area contributed by atoms with Crippen molar-refractivity contribution in [3.8, 4) is 58.1 Å². The summed E-state index contributed by atoms with van der Waals surface area (Å²) in [4.78, 5) is 6.72. The molecular weight excluding hydrogens is 528 g/mol. The van der Waals surface area contributed by atoms with E-state index in [1.165, 1.54) is 12.1 Å². The van der Waals surface area contributed by atoms with Gasteiger partial charge >= 0.3 is 0 Å². The molecule has 8 nitrogen and oxygen atoms in total. The lowest BCUT2D eigenvalue weighted by molar-refractivity contribution is 0.452. The summed E-state index contributed by atoms with van der Waals surface area (Å²) in [6.07, 6.45) is 0. The van der Waals surface area contributed by atoms with Gasteiger partial charge in [0.25, 0.3) is 0 Å². The summed E-state index contributed by atoms with van der Waals surface area (Å²) in [5, 5.41) is 18.3. The maximum Gasteiger partial charge on any atom is 0.198 e. The Labute approximate surface area is 242 Å². The highest BCUT2D eigenvalue weighted by Gasteiger charge is 2.08. The molecule has 5 aromatic carbocycles. The van der Waals surface area contributed by atoms with Crippen LogP contribution in [-0.2, 0) is 0 Å². The highest BCUT2D eigenvalue weighted by Crippen LogP contribution is 2.36. The molecule has 0 saturated heterocycles. The lowest BCUT2D eigenvalue weighted by Gasteiger charge is -2.11. The van der Waals surface area contributed by atoms with Crippen LogP contribution in [0.25, 0.3) is 9.69 Å². The van der Waals surface area contributed by atoms with Crippen LogP contribution < -0.4 is 18.9 Å². The van der Waals surface area contributed by atoms with Crippen molar-refractivity contribution in [3.05, 3.63) is 143 Å². The Balaban J connectivity index is 1.22. The second kappa shape index (κ2) is 12.4. The summed E-state index contributed by atoms with van der Waals surface area (Å²) in [6, 6.07) is 34.6. The Hall–Kier alpha value is -6.74. The van der Waals surface area contributed by atoms with Gasteiger partial charge in [-0.15, -0.1) is 0 Å². The lowest BCUT2D eigenvalue weighted by atomic mass is 10.1. The maximum atomic E-state index is 9.24. The number of ether oxygens (including phenoxy) is 4. The number of nitriles is 2. The van der Waals surface area contributed by atoms with Crippen molar-refractivity contribution in [1.29, 1.82) is 10.5 Å². The zero-order valence-electron chi connectivity index (χ0n) is 21.8. The number of benzene rings is 5. The largest absolute Gasteiger partial charge is 0.459 e. The van der Waals surface area contributed by atoms with Crippen LogP contribution in [0.2, 0.25) is 0 Å². The second-order valence-electron chi connectivity index (χ2n) is 8.63. The average molecular weight is 547 g/mol. The van der Waals surface area contributed by atoms with E-state index >= 15 is 0 Å². The zero-order chi connectivity index (χ0) is 29.3. The van der Waals surface area contributed by atoms with E-state index in [0.717, 1.165) is 0 Å². The topological polar surface area (TPSA) is 93.2 Å². The van der Waals surface area contributed by atoms with Crippen LogP contribution in [-0.4, -0.2) is 0 Å². The first-order valence-corrected chi connectivity index (χ1v) is 12.4. The zero-order valence-corrected chi connectivity index (χ0v) is 21.8. The molecule has 5 aromatic rings. The van der Waals surface area contributed by atoms with Crippen molar-refractivity contribution in [2.24, 2.45) is 0 Å². The first-order valence-electron chi connectivity index (χ1n) is 12.4. The smallest absolute Gasteiger partial charge is 0.198 e. The molecule has 0 saturated carbocycles. The van der Waals surface area contributed by atoms with Gasteiger partial charge in [-0.3, -0.25) is 4.85 Å². The Bertz CT molecular complexity index is 1800. The van der Waals surface area contributed by atoms with Gasteiger partial charge in [0.2, 0.25) is 0 Å². The SMILES string of the molecule is [C-]#[N+]c1ccc(Oc2cccc(Oc3ccc(Oc4cccc(Oc5ccc(C#N)c(C#N)c5)c4)cc3)c2)cc1[N+]#[C-]. The summed E-state index contributed by atoms with van der Waals surface area (Å²) in [5.74, 6) is 4.18. The van der Waals surface area contributed by atoms with Crippen LogP contribution in [0.3, 0.4) is 0 Å². The van der Waals surface area contributed by atoms with Crippen LogP contribution in [0.5, 0.6) is 46.0 Å². The van der Waals surface area contributed by atoms with E-state index in [0.29, 0.717) is 46.0 Å². The fourth-order valence-electron chi connectivity index (χ4n) is 3.85. The molecule has 5 rings (SSSR count). The van der Waals surface area contributed by atoms with Crippen molar-refractivity contribution in [2.75, 3.05) is 0 Å². The number of nitrogens with zero attached hydrogens (tertiary/aromatic N) is 4. The fourth-order valence-corrected chi connectivity index (χ4v) is 3.85. The molecule has 42 heavy (non-hydrogen) atoms. The molecule has 0 unspecified atom stereocenters. The molecule has 0 aromatic heterocycles. The van der Waals surface area contributed by atoms with Gasteiger partial charge in [-0.2, -0.15) is 10.5 Å². The van der Waals surface area contributed by atoms with E-state index in [1.54, 1.807) is 97.1 Å². The third-order valence-corrected chi connectivity index (χ3v) is 5.80. The Morgan fingerprint density at radius 2 is 0.833 bits per heavy atom. The average Bonchev–Trinajstić information content (AvgIpc) is 3.02. The fraction of sp³-hybridized carbons (Fsp3) is 0. The van der Waals surface area contributed by atoms with Gasteiger partial charge in [-0.1, -0.05) is 18.2 Å². The number of hydrogen-bond acceptors (Lipinski definition) is 6. The van der Waals surface area contributed by atoms with Gasteiger partial charge in [-0.25, -0.2) is 4.85 Å². The molecule has 0 aliphatic heterocycles. The van der Waals surface area contributed by atoms with Crippen molar-refractivity contribution < 1.29 is 18.9 Å². The van der Waals surface area contributed by atoms with Gasteiger partial charge in [0.15, 0.2) is 11.4 Å². The molecule has 0 heterocycles. The highest BCUT2D eigenvalue weighted by molar-refractivity contribution is 5.72. The van der Waals surface area contributed by atoms with Crippen LogP contribution >= 0.6 is 0 Å². The van der Waals surface area contributed by atoms with Gasteiger partial charge < -0.3 is 18.9 Å². The van der Waals surface area contributed by atoms with Crippen molar-refractivity contribution >= 4 is 11.4 Å². The van der Waals surface area contributed by atoms with Crippen LogP contribution in [0.1, 0.15) is 11.1 Å². The molecule has 0 atom stereocenters. The van der Waals surface area contributed by atoms with E-state index in [9.17, 15) is 5.26 Å². The third kappa shape index (κ3) is 6.45. The minimum absolute atomic E-state index is 0.233. The van der Waals surface area contributed by atoms with Gasteiger partial charge in [0.05, 0.1) is 24.3 Å². The molecule has 0 spiro atoms. The van der Waals surface area contributed by atoms with E-state index < -0.39 is 0 Å². The second-order valence-corrected chi connectivity index (χ2v) is 8.63. The van der Waals surface area contributed by atoms with Crippen molar-refractivity contribution in [1.82, 2.24) is 0 Å². The van der Waals surface area contributed by atoms with E-state index in [-0.39, 0.29) is 22.5 Å². The molecule has 0 radical (unpaired) electrons. The minimum atomic E-state index is 0.233. The normalized spacial score (nSPS) is 9.81. The summed E-state index contributed by atoms with van der Waals surface area (Å²) in [5.41, 5.74) is 1.04.